The number of morpholine rings is 2. The standard InChI is InChI=1S/C27H28F3N7O2/c28-27(29,30)20-3-1-19(2-4-20)17-37-18-31-23-24(33-26(34-25(23)37)36-11-15-39-16-12-36)32-21-5-7-22(8-6-21)35-9-13-38-14-10-35/h1-8,18H,9-17H2,(H,32,33,34). The fourth-order valence-corrected chi connectivity index (χ4v) is 4.75. The molecule has 4 heterocycles. The fourth-order valence-electron chi connectivity index (χ4n) is 4.75. The summed E-state index contributed by atoms with van der Waals surface area (Å²) in [5.74, 6) is 1.11. The number of imidazole rings is 1. The van der Waals surface area contributed by atoms with Gasteiger partial charge in [0.05, 0.1) is 44.9 Å². The number of rotatable bonds is 6. The molecule has 9 nitrogen and oxygen atoms in total. The molecular formula is C27H28F3N7O2. The highest BCUT2D eigenvalue weighted by Crippen LogP contribution is 2.30. The lowest BCUT2D eigenvalue weighted by atomic mass is 10.1. The topological polar surface area (TPSA) is 80.6 Å². The van der Waals surface area contributed by atoms with Crippen molar-refractivity contribution in [3.8, 4) is 0 Å². The minimum atomic E-state index is -4.37. The molecule has 2 aromatic heterocycles. The van der Waals surface area contributed by atoms with Gasteiger partial charge in [-0.25, -0.2) is 4.98 Å². The van der Waals surface area contributed by atoms with Crippen molar-refractivity contribution in [2.75, 3.05) is 67.7 Å². The van der Waals surface area contributed by atoms with Crippen LogP contribution in [-0.2, 0) is 22.2 Å². The molecule has 2 aromatic carbocycles. The summed E-state index contributed by atoms with van der Waals surface area (Å²) in [6.45, 7) is 5.96. The molecule has 39 heavy (non-hydrogen) atoms. The molecule has 0 atom stereocenters. The van der Waals surface area contributed by atoms with E-state index in [1.165, 1.54) is 12.1 Å². The summed E-state index contributed by atoms with van der Waals surface area (Å²) in [6.07, 6.45) is -2.73. The predicted octanol–water partition coefficient (Wildman–Crippen LogP) is 4.31. The van der Waals surface area contributed by atoms with E-state index in [2.05, 4.69) is 32.2 Å². The van der Waals surface area contributed by atoms with Crippen LogP contribution in [0.5, 0.6) is 0 Å². The Hall–Kier alpha value is -3.90. The van der Waals surface area contributed by atoms with E-state index in [1.54, 1.807) is 6.33 Å². The predicted molar refractivity (Wildman–Crippen MR) is 142 cm³/mol. The van der Waals surface area contributed by atoms with Crippen LogP contribution < -0.4 is 15.1 Å². The maximum absolute atomic E-state index is 13.0. The first-order chi connectivity index (χ1) is 18.9. The van der Waals surface area contributed by atoms with Gasteiger partial charge >= 0.3 is 6.18 Å². The molecule has 0 aliphatic carbocycles. The molecule has 0 radical (unpaired) electrons. The van der Waals surface area contributed by atoms with Crippen LogP contribution in [0.4, 0.5) is 36.3 Å². The highest BCUT2D eigenvalue weighted by atomic mass is 19.4. The molecule has 2 saturated heterocycles. The number of hydrogen-bond donors (Lipinski definition) is 1. The van der Waals surface area contributed by atoms with Crippen molar-refractivity contribution in [1.29, 1.82) is 0 Å². The largest absolute Gasteiger partial charge is 0.416 e. The molecular weight excluding hydrogens is 511 g/mol. The van der Waals surface area contributed by atoms with Gasteiger partial charge in [-0.05, 0) is 42.0 Å². The minimum Gasteiger partial charge on any atom is -0.378 e. The van der Waals surface area contributed by atoms with E-state index < -0.39 is 11.7 Å². The van der Waals surface area contributed by atoms with E-state index in [4.69, 9.17) is 19.4 Å². The lowest BCUT2D eigenvalue weighted by Crippen LogP contribution is -2.37. The highest BCUT2D eigenvalue weighted by molar-refractivity contribution is 5.87. The number of alkyl halides is 3. The Morgan fingerprint density at radius 2 is 1.44 bits per heavy atom. The second kappa shape index (κ2) is 10.7. The summed E-state index contributed by atoms with van der Waals surface area (Å²) in [5.41, 5.74) is 3.20. The first-order valence-corrected chi connectivity index (χ1v) is 12.9. The third kappa shape index (κ3) is 5.62. The SMILES string of the molecule is FC(F)(F)c1ccc(Cn2cnc3c(Nc4ccc(N5CCOCC5)cc4)nc(N4CCOCC4)nc32)cc1. The fraction of sp³-hybridized carbons (Fsp3) is 0.370. The smallest absolute Gasteiger partial charge is 0.378 e. The van der Waals surface area contributed by atoms with E-state index in [0.717, 1.165) is 49.8 Å². The summed E-state index contributed by atoms with van der Waals surface area (Å²) in [7, 11) is 0. The molecule has 0 unspecified atom stereocenters. The first kappa shape index (κ1) is 25.4. The van der Waals surface area contributed by atoms with Crippen molar-refractivity contribution in [3.05, 3.63) is 66.0 Å². The van der Waals surface area contributed by atoms with Gasteiger partial charge in [0.25, 0.3) is 0 Å². The lowest BCUT2D eigenvalue weighted by Gasteiger charge is -2.29. The third-order valence-electron chi connectivity index (χ3n) is 6.89. The second-order valence-electron chi connectivity index (χ2n) is 9.48. The summed E-state index contributed by atoms with van der Waals surface area (Å²) < 4.78 is 51.8. The van der Waals surface area contributed by atoms with Gasteiger partial charge in [-0.1, -0.05) is 12.1 Å². The maximum Gasteiger partial charge on any atom is 0.416 e. The monoisotopic (exact) mass is 539 g/mol. The van der Waals surface area contributed by atoms with Gasteiger partial charge in [0, 0.05) is 37.6 Å². The second-order valence-corrected chi connectivity index (χ2v) is 9.48. The van der Waals surface area contributed by atoms with E-state index >= 15 is 0 Å². The number of nitrogens with zero attached hydrogens (tertiary/aromatic N) is 6. The number of hydrogen-bond acceptors (Lipinski definition) is 8. The van der Waals surface area contributed by atoms with Crippen molar-refractivity contribution < 1.29 is 22.6 Å². The Morgan fingerprint density at radius 3 is 2.08 bits per heavy atom. The molecule has 0 bridgehead atoms. The van der Waals surface area contributed by atoms with Crippen LogP contribution in [0.3, 0.4) is 0 Å². The number of aromatic nitrogens is 4. The number of fused-ring (bicyclic) bond motifs is 1. The molecule has 0 spiro atoms. The molecule has 204 valence electrons. The maximum atomic E-state index is 13.0. The van der Waals surface area contributed by atoms with Crippen LogP contribution in [0.25, 0.3) is 11.2 Å². The number of halogens is 3. The normalized spacial score (nSPS) is 16.6. The van der Waals surface area contributed by atoms with Crippen LogP contribution in [0.15, 0.2) is 54.9 Å². The molecule has 12 heteroatoms. The number of anilines is 4. The Kier molecular flexibility index (Phi) is 6.96. The van der Waals surface area contributed by atoms with Gasteiger partial charge in [-0.3, -0.25) is 0 Å². The Morgan fingerprint density at radius 1 is 0.795 bits per heavy atom. The van der Waals surface area contributed by atoms with Gasteiger partial charge < -0.3 is 29.2 Å². The molecule has 2 fully saturated rings. The molecule has 2 aliphatic heterocycles. The quantitative estimate of drug-likeness (QED) is 0.388. The van der Waals surface area contributed by atoms with Gasteiger partial charge in [0.2, 0.25) is 5.95 Å². The summed E-state index contributed by atoms with van der Waals surface area (Å²) in [4.78, 5) is 18.5. The summed E-state index contributed by atoms with van der Waals surface area (Å²) >= 11 is 0. The molecule has 6 rings (SSSR count). The van der Waals surface area contributed by atoms with Gasteiger partial charge in [0.1, 0.15) is 0 Å². The molecule has 2 aliphatic rings. The molecule has 4 aromatic rings. The molecule has 0 saturated carbocycles. The lowest BCUT2D eigenvalue weighted by molar-refractivity contribution is -0.137. The molecule has 0 amide bonds. The molecule has 1 N–H and O–H groups in total. The van der Waals surface area contributed by atoms with Crippen molar-refractivity contribution >= 4 is 34.3 Å². The van der Waals surface area contributed by atoms with Crippen LogP contribution in [0.2, 0.25) is 0 Å². The average molecular weight is 540 g/mol. The third-order valence-corrected chi connectivity index (χ3v) is 6.89. The average Bonchev–Trinajstić information content (AvgIpc) is 3.37. The first-order valence-electron chi connectivity index (χ1n) is 12.9. The van der Waals surface area contributed by atoms with Crippen molar-refractivity contribution in [1.82, 2.24) is 19.5 Å². The van der Waals surface area contributed by atoms with E-state index in [9.17, 15) is 13.2 Å². The summed E-state index contributed by atoms with van der Waals surface area (Å²) in [5, 5.41) is 3.40. The number of ether oxygens (including phenoxy) is 2. The zero-order valence-corrected chi connectivity index (χ0v) is 21.2. The zero-order chi connectivity index (χ0) is 26.8. The number of nitrogens with one attached hydrogen (secondary N) is 1. The van der Waals surface area contributed by atoms with E-state index in [0.29, 0.717) is 61.3 Å². The van der Waals surface area contributed by atoms with Crippen LogP contribution in [-0.4, -0.2) is 72.1 Å². The van der Waals surface area contributed by atoms with Crippen LogP contribution >= 0.6 is 0 Å². The highest BCUT2D eigenvalue weighted by Gasteiger charge is 2.30. The van der Waals surface area contributed by atoms with Crippen molar-refractivity contribution in [2.24, 2.45) is 0 Å². The van der Waals surface area contributed by atoms with Gasteiger partial charge in [-0.15, -0.1) is 0 Å². The van der Waals surface area contributed by atoms with Crippen molar-refractivity contribution in [2.45, 2.75) is 12.7 Å². The van der Waals surface area contributed by atoms with Gasteiger partial charge in [0.15, 0.2) is 17.0 Å². The van der Waals surface area contributed by atoms with Crippen molar-refractivity contribution in [3.63, 3.8) is 0 Å². The number of benzene rings is 2. The summed E-state index contributed by atoms with van der Waals surface area (Å²) in [6, 6.07) is 13.3. The van der Waals surface area contributed by atoms with E-state index in [1.807, 2.05) is 16.7 Å². The minimum absolute atomic E-state index is 0.321. The van der Waals surface area contributed by atoms with Crippen LogP contribution in [0, 0.1) is 0 Å². The Labute approximate surface area is 223 Å². The Bertz CT molecular complexity index is 1410. The zero-order valence-electron chi connectivity index (χ0n) is 21.2. The van der Waals surface area contributed by atoms with Crippen LogP contribution in [0.1, 0.15) is 11.1 Å². The Balaban J connectivity index is 1.31. The van der Waals surface area contributed by atoms with E-state index in [-0.39, 0.29) is 0 Å². The van der Waals surface area contributed by atoms with Gasteiger partial charge in [-0.2, -0.15) is 23.1 Å².